The minimum atomic E-state index is -0.607. The Kier molecular flexibility index (Phi) is 6.32. The Balaban J connectivity index is 2.41. The number of rotatable bonds is 6. The summed E-state index contributed by atoms with van der Waals surface area (Å²) in [5.41, 5.74) is 0.735. The monoisotopic (exact) mass is 429 g/mol. The van der Waals surface area contributed by atoms with E-state index in [9.17, 15) is 14.4 Å². The average Bonchev–Trinajstić information content (AvgIpc) is 3.15. The van der Waals surface area contributed by atoms with E-state index in [-0.39, 0.29) is 27.7 Å². The number of ether oxygens (including phenoxy) is 2. The summed E-state index contributed by atoms with van der Waals surface area (Å²) in [6.07, 6.45) is 2.09. The molecule has 0 aliphatic carbocycles. The molecular formula is C15H16BrN3O5S. The van der Waals surface area contributed by atoms with Crippen LogP contribution in [0.2, 0.25) is 0 Å². The van der Waals surface area contributed by atoms with Gasteiger partial charge in [0.25, 0.3) is 5.91 Å². The molecule has 0 radical (unpaired) electrons. The van der Waals surface area contributed by atoms with Gasteiger partial charge in [-0.15, -0.1) is 11.3 Å². The van der Waals surface area contributed by atoms with Gasteiger partial charge in [0, 0.05) is 0 Å². The standard InChI is InChI=1S/C15H16BrN3O5S/c1-4-5-24-14(21)9-7(2)11(15(22)23-3)25-13(9)18-12(20)10-8(16)6-17-19-10/h6H,4-5H2,1-3H3,(H,17,19)(H,18,20). The molecule has 8 nitrogen and oxygen atoms in total. The van der Waals surface area contributed by atoms with Crippen molar-refractivity contribution < 1.29 is 23.9 Å². The fourth-order valence-corrected chi connectivity index (χ4v) is 3.48. The highest BCUT2D eigenvalue weighted by molar-refractivity contribution is 9.10. The molecule has 0 saturated heterocycles. The first-order chi connectivity index (χ1) is 11.9. The molecule has 0 saturated carbocycles. The number of methoxy groups -OCH3 is 1. The molecule has 0 aliphatic heterocycles. The molecular weight excluding hydrogens is 414 g/mol. The second-order valence-electron chi connectivity index (χ2n) is 4.93. The fraction of sp³-hybridized carbons (Fsp3) is 0.333. The second-order valence-corrected chi connectivity index (χ2v) is 6.81. The van der Waals surface area contributed by atoms with Crippen molar-refractivity contribution in [1.82, 2.24) is 10.2 Å². The van der Waals surface area contributed by atoms with E-state index < -0.39 is 17.8 Å². The molecule has 1 amide bonds. The summed E-state index contributed by atoms with van der Waals surface area (Å²) >= 11 is 4.15. The van der Waals surface area contributed by atoms with E-state index in [0.717, 1.165) is 11.3 Å². The molecule has 0 aliphatic rings. The van der Waals surface area contributed by atoms with E-state index in [1.807, 2.05) is 6.92 Å². The van der Waals surface area contributed by atoms with Gasteiger partial charge in [0.15, 0.2) is 0 Å². The van der Waals surface area contributed by atoms with Crippen molar-refractivity contribution in [3.8, 4) is 0 Å². The molecule has 0 unspecified atom stereocenters. The predicted octanol–water partition coefficient (Wildman–Crippen LogP) is 3.15. The minimum absolute atomic E-state index is 0.142. The predicted molar refractivity (Wildman–Crippen MR) is 95.2 cm³/mol. The normalized spacial score (nSPS) is 10.4. The third-order valence-corrected chi connectivity index (χ3v) is 4.99. The number of halogens is 1. The first kappa shape index (κ1) is 19.1. The lowest BCUT2D eigenvalue weighted by Crippen LogP contribution is -2.16. The van der Waals surface area contributed by atoms with Gasteiger partial charge in [-0.05, 0) is 34.8 Å². The maximum Gasteiger partial charge on any atom is 0.348 e. The number of nitrogens with one attached hydrogen (secondary N) is 2. The Hall–Kier alpha value is -2.20. The first-order valence-electron chi connectivity index (χ1n) is 7.29. The van der Waals surface area contributed by atoms with Crippen LogP contribution in [0.3, 0.4) is 0 Å². The summed E-state index contributed by atoms with van der Waals surface area (Å²) in [6, 6.07) is 0. The zero-order valence-electron chi connectivity index (χ0n) is 13.8. The van der Waals surface area contributed by atoms with Gasteiger partial charge in [-0.25, -0.2) is 9.59 Å². The van der Waals surface area contributed by atoms with Crippen LogP contribution in [0.4, 0.5) is 5.00 Å². The van der Waals surface area contributed by atoms with Crippen molar-refractivity contribution >= 4 is 50.1 Å². The van der Waals surface area contributed by atoms with Crippen LogP contribution in [0.25, 0.3) is 0 Å². The molecule has 0 fully saturated rings. The SMILES string of the molecule is CCCOC(=O)c1c(NC(=O)c2[nH]ncc2Br)sc(C(=O)OC)c1C. The van der Waals surface area contributed by atoms with Crippen molar-refractivity contribution in [2.75, 3.05) is 19.0 Å². The highest BCUT2D eigenvalue weighted by Gasteiger charge is 2.27. The number of hydrogen-bond donors (Lipinski definition) is 2. The van der Waals surface area contributed by atoms with Crippen molar-refractivity contribution in [3.63, 3.8) is 0 Å². The van der Waals surface area contributed by atoms with Crippen molar-refractivity contribution in [1.29, 1.82) is 0 Å². The van der Waals surface area contributed by atoms with Gasteiger partial charge < -0.3 is 14.8 Å². The molecule has 2 aromatic heterocycles. The quantitative estimate of drug-likeness (QED) is 0.682. The molecule has 0 atom stereocenters. The van der Waals surface area contributed by atoms with Gasteiger partial charge in [-0.1, -0.05) is 6.92 Å². The number of amides is 1. The van der Waals surface area contributed by atoms with Crippen LogP contribution in [0, 0.1) is 6.92 Å². The van der Waals surface area contributed by atoms with E-state index in [0.29, 0.717) is 16.5 Å². The number of nitrogens with zero attached hydrogens (tertiary/aromatic N) is 1. The second kappa shape index (κ2) is 8.26. The molecule has 25 heavy (non-hydrogen) atoms. The Morgan fingerprint density at radius 1 is 1.36 bits per heavy atom. The summed E-state index contributed by atoms with van der Waals surface area (Å²) < 4.78 is 10.4. The van der Waals surface area contributed by atoms with Crippen LogP contribution in [0.5, 0.6) is 0 Å². The molecule has 2 N–H and O–H groups in total. The lowest BCUT2D eigenvalue weighted by Gasteiger charge is -2.07. The zero-order valence-corrected chi connectivity index (χ0v) is 16.2. The smallest absolute Gasteiger partial charge is 0.348 e. The molecule has 0 spiro atoms. The lowest BCUT2D eigenvalue weighted by atomic mass is 10.1. The number of hydrogen-bond acceptors (Lipinski definition) is 7. The number of aromatic amines is 1. The first-order valence-corrected chi connectivity index (χ1v) is 8.90. The van der Waals surface area contributed by atoms with E-state index in [2.05, 4.69) is 31.4 Å². The summed E-state index contributed by atoms with van der Waals surface area (Å²) in [6.45, 7) is 3.71. The number of aromatic nitrogens is 2. The Morgan fingerprint density at radius 3 is 2.64 bits per heavy atom. The highest BCUT2D eigenvalue weighted by Crippen LogP contribution is 2.34. The molecule has 134 valence electrons. The van der Waals surface area contributed by atoms with Gasteiger partial charge in [0.05, 0.1) is 29.9 Å². The van der Waals surface area contributed by atoms with Gasteiger partial charge in [0.2, 0.25) is 0 Å². The number of H-pyrrole nitrogens is 1. The summed E-state index contributed by atoms with van der Waals surface area (Å²) in [4.78, 5) is 36.9. The maximum atomic E-state index is 12.4. The van der Waals surface area contributed by atoms with Gasteiger partial charge in [-0.3, -0.25) is 9.89 Å². The summed E-state index contributed by atoms with van der Waals surface area (Å²) in [5, 5.41) is 9.14. The topological polar surface area (TPSA) is 110 Å². The molecule has 10 heteroatoms. The Bertz CT molecular complexity index is 814. The summed E-state index contributed by atoms with van der Waals surface area (Å²) in [7, 11) is 1.25. The largest absolute Gasteiger partial charge is 0.465 e. The fourth-order valence-electron chi connectivity index (χ4n) is 2.00. The van der Waals surface area contributed by atoms with Crippen molar-refractivity contribution in [2.45, 2.75) is 20.3 Å². The molecule has 2 heterocycles. The Morgan fingerprint density at radius 2 is 2.08 bits per heavy atom. The molecule has 0 bridgehead atoms. The van der Waals surface area contributed by atoms with Gasteiger partial charge >= 0.3 is 11.9 Å². The van der Waals surface area contributed by atoms with Gasteiger partial charge in [0.1, 0.15) is 15.6 Å². The van der Waals surface area contributed by atoms with E-state index in [1.165, 1.54) is 13.3 Å². The number of anilines is 1. The molecule has 2 aromatic rings. The van der Waals surface area contributed by atoms with E-state index in [4.69, 9.17) is 9.47 Å². The van der Waals surface area contributed by atoms with Crippen LogP contribution in [-0.2, 0) is 9.47 Å². The Labute approximate surface area is 156 Å². The van der Waals surface area contributed by atoms with E-state index in [1.54, 1.807) is 6.92 Å². The van der Waals surface area contributed by atoms with Crippen molar-refractivity contribution in [2.24, 2.45) is 0 Å². The van der Waals surface area contributed by atoms with Crippen LogP contribution in [0.15, 0.2) is 10.7 Å². The number of thiophene rings is 1. The lowest BCUT2D eigenvalue weighted by molar-refractivity contribution is 0.0506. The number of carbonyl (C=O) groups excluding carboxylic acids is 3. The van der Waals surface area contributed by atoms with Crippen LogP contribution < -0.4 is 5.32 Å². The number of carbonyl (C=O) groups is 3. The third kappa shape index (κ3) is 4.07. The molecule has 2 rings (SSSR count). The van der Waals surface area contributed by atoms with Gasteiger partial charge in [-0.2, -0.15) is 5.10 Å². The average molecular weight is 430 g/mol. The maximum absolute atomic E-state index is 12.4. The number of esters is 2. The van der Waals surface area contributed by atoms with Crippen LogP contribution in [0.1, 0.15) is 49.4 Å². The zero-order chi connectivity index (χ0) is 18.6. The minimum Gasteiger partial charge on any atom is -0.465 e. The molecule has 0 aromatic carbocycles. The van der Waals surface area contributed by atoms with Crippen LogP contribution in [-0.4, -0.2) is 41.8 Å². The van der Waals surface area contributed by atoms with Crippen LogP contribution >= 0.6 is 27.3 Å². The summed E-state index contributed by atoms with van der Waals surface area (Å²) in [5.74, 6) is -1.70. The highest BCUT2D eigenvalue weighted by atomic mass is 79.9. The van der Waals surface area contributed by atoms with Crippen molar-refractivity contribution in [3.05, 3.63) is 32.4 Å². The van der Waals surface area contributed by atoms with E-state index >= 15 is 0 Å². The third-order valence-electron chi connectivity index (χ3n) is 3.21.